The molecule has 0 atom stereocenters. The van der Waals surface area contributed by atoms with E-state index in [4.69, 9.17) is 0 Å². The van der Waals surface area contributed by atoms with E-state index >= 15 is 0 Å². The van der Waals surface area contributed by atoms with Crippen molar-refractivity contribution in [1.29, 1.82) is 0 Å². The van der Waals surface area contributed by atoms with E-state index in [1.54, 1.807) is 11.3 Å². The third-order valence-corrected chi connectivity index (χ3v) is 6.03. The quantitative estimate of drug-likeness (QED) is 0.920. The van der Waals surface area contributed by atoms with Crippen molar-refractivity contribution in [1.82, 2.24) is 0 Å². The third-order valence-electron chi connectivity index (χ3n) is 4.79. The number of carbonyl (C=O) groups is 2. The first kappa shape index (κ1) is 15.4. The lowest BCUT2D eigenvalue weighted by molar-refractivity contribution is -0.117. The molecule has 1 aliphatic carbocycles. The van der Waals surface area contributed by atoms with Gasteiger partial charge in [-0.25, -0.2) is 0 Å². The molecule has 1 saturated heterocycles. The zero-order valence-electron chi connectivity index (χ0n) is 13.7. The summed E-state index contributed by atoms with van der Waals surface area (Å²) in [6, 6.07) is 7.79. The van der Waals surface area contributed by atoms with Crippen molar-refractivity contribution >= 4 is 34.5 Å². The van der Waals surface area contributed by atoms with Crippen molar-refractivity contribution in [2.75, 3.05) is 16.8 Å². The molecular formula is C19H20N2O2S. The first-order chi connectivity index (χ1) is 11.6. The summed E-state index contributed by atoms with van der Waals surface area (Å²) in [7, 11) is 0. The summed E-state index contributed by atoms with van der Waals surface area (Å²) in [6.45, 7) is 2.77. The molecule has 1 aromatic carbocycles. The molecule has 1 aromatic heterocycles. The summed E-state index contributed by atoms with van der Waals surface area (Å²) in [4.78, 5) is 28.3. The van der Waals surface area contributed by atoms with Crippen molar-refractivity contribution in [3.8, 4) is 0 Å². The fourth-order valence-corrected chi connectivity index (χ4v) is 4.72. The number of carbonyl (C=O) groups excluding carboxylic acids is 2. The second kappa shape index (κ2) is 6.06. The maximum Gasteiger partial charge on any atom is 0.265 e. The van der Waals surface area contributed by atoms with Gasteiger partial charge in [0.15, 0.2) is 0 Å². The molecule has 1 fully saturated rings. The minimum atomic E-state index is -0.0428. The fraction of sp³-hybridized carbons (Fsp3) is 0.368. The summed E-state index contributed by atoms with van der Waals surface area (Å²) >= 11 is 1.61. The highest BCUT2D eigenvalue weighted by atomic mass is 32.1. The number of hydrogen-bond acceptors (Lipinski definition) is 3. The number of hydrogen-bond donors (Lipinski definition) is 1. The molecule has 4 nitrogen and oxygen atoms in total. The third kappa shape index (κ3) is 2.73. The highest BCUT2D eigenvalue weighted by Crippen LogP contribution is 2.32. The Bertz CT molecular complexity index is 803. The molecule has 24 heavy (non-hydrogen) atoms. The van der Waals surface area contributed by atoms with Crippen LogP contribution in [0.1, 0.15) is 44.9 Å². The lowest BCUT2D eigenvalue weighted by Gasteiger charge is -2.19. The van der Waals surface area contributed by atoms with E-state index in [9.17, 15) is 9.59 Å². The molecule has 0 unspecified atom stereocenters. The van der Waals surface area contributed by atoms with Gasteiger partial charge >= 0.3 is 0 Å². The van der Waals surface area contributed by atoms with Gasteiger partial charge in [0.1, 0.15) is 0 Å². The van der Waals surface area contributed by atoms with Gasteiger partial charge in [0.2, 0.25) is 5.91 Å². The van der Waals surface area contributed by atoms with Gasteiger partial charge in [-0.1, -0.05) is 0 Å². The Morgan fingerprint density at radius 1 is 1.17 bits per heavy atom. The predicted octanol–water partition coefficient (Wildman–Crippen LogP) is 3.92. The molecule has 2 aromatic rings. The Labute approximate surface area is 145 Å². The van der Waals surface area contributed by atoms with Crippen LogP contribution in [0.4, 0.5) is 11.4 Å². The maximum atomic E-state index is 12.5. The Morgan fingerprint density at radius 2 is 2.04 bits per heavy atom. The van der Waals surface area contributed by atoms with Crippen molar-refractivity contribution in [2.24, 2.45) is 0 Å². The van der Waals surface area contributed by atoms with Crippen LogP contribution in [0.15, 0.2) is 24.3 Å². The first-order valence-electron chi connectivity index (χ1n) is 8.46. The number of anilines is 2. The van der Waals surface area contributed by atoms with Gasteiger partial charge < -0.3 is 10.2 Å². The smallest absolute Gasteiger partial charge is 0.265 e. The summed E-state index contributed by atoms with van der Waals surface area (Å²) in [6.07, 6.45) is 4.95. The van der Waals surface area contributed by atoms with Gasteiger partial charge in [0, 0.05) is 29.2 Å². The molecule has 0 spiro atoms. The van der Waals surface area contributed by atoms with Gasteiger partial charge in [-0.05, 0) is 68.0 Å². The minimum Gasteiger partial charge on any atom is -0.321 e. The Hall–Kier alpha value is -2.14. The average Bonchev–Trinajstić information content (AvgIpc) is 3.23. The number of amides is 2. The van der Waals surface area contributed by atoms with E-state index in [1.807, 2.05) is 36.1 Å². The van der Waals surface area contributed by atoms with Crippen molar-refractivity contribution in [3.05, 3.63) is 45.1 Å². The van der Waals surface area contributed by atoms with Gasteiger partial charge in [-0.15, -0.1) is 11.3 Å². The van der Waals surface area contributed by atoms with Crippen LogP contribution in [-0.4, -0.2) is 18.4 Å². The molecule has 124 valence electrons. The van der Waals surface area contributed by atoms with Crippen LogP contribution >= 0.6 is 11.3 Å². The normalized spacial score (nSPS) is 16.5. The average molecular weight is 340 g/mol. The van der Waals surface area contributed by atoms with Crippen LogP contribution in [-0.2, 0) is 17.6 Å². The second-order valence-electron chi connectivity index (χ2n) is 6.52. The fourth-order valence-electron chi connectivity index (χ4n) is 3.57. The molecule has 2 heterocycles. The van der Waals surface area contributed by atoms with Gasteiger partial charge in [0.25, 0.3) is 5.91 Å². The summed E-state index contributed by atoms with van der Waals surface area (Å²) in [5.74, 6) is 0.141. The van der Waals surface area contributed by atoms with Crippen molar-refractivity contribution in [2.45, 2.75) is 39.0 Å². The van der Waals surface area contributed by atoms with E-state index in [2.05, 4.69) is 5.32 Å². The number of rotatable bonds is 3. The molecule has 5 heteroatoms. The standard InChI is InChI=1S/C19H20N2O2S/c1-12-10-14(7-8-15(12)21-9-3-6-18(21)22)20-19(23)17-11-13-4-2-5-16(13)24-17/h7-8,10-11H,2-6,9H2,1H3,(H,20,23). The largest absolute Gasteiger partial charge is 0.321 e. The van der Waals surface area contributed by atoms with Gasteiger partial charge in [-0.3, -0.25) is 9.59 Å². The highest BCUT2D eigenvalue weighted by Gasteiger charge is 2.23. The van der Waals surface area contributed by atoms with Gasteiger partial charge in [-0.2, -0.15) is 0 Å². The molecule has 1 aliphatic heterocycles. The number of thiophene rings is 1. The van der Waals surface area contributed by atoms with E-state index in [0.29, 0.717) is 6.42 Å². The lowest BCUT2D eigenvalue weighted by Crippen LogP contribution is -2.24. The molecule has 0 radical (unpaired) electrons. The molecule has 0 bridgehead atoms. The van der Waals surface area contributed by atoms with Crippen LogP contribution in [0.3, 0.4) is 0 Å². The topological polar surface area (TPSA) is 49.4 Å². The number of nitrogens with zero attached hydrogens (tertiary/aromatic N) is 1. The van der Waals surface area contributed by atoms with Crippen molar-refractivity contribution < 1.29 is 9.59 Å². The van der Waals surface area contributed by atoms with E-state index in [0.717, 1.165) is 47.6 Å². The monoisotopic (exact) mass is 340 g/mol. The lowest BCUT2D eigenvalue weighted by atomic mass is 10.1. The predicted molar refractivity (Wildman–Crippen MR) is 97.1 cm³/mol. The van der Waals surface area contributed by atoms with E-state index < -0.39 is 0 Å². The Kier molecular flexibility index (Phi) is 3.88. The van der Waals surface area contributed by atoms with E-state index in [-0.39, 0.29) is 11.8 Å². The molecule has 2 amide bonds. The molecule has 2 aliphatic rings. The number of fused-ring (bicyclic) bond motifs is 1. The Morgan fingerprint density at radius 3 is 2.75 bits per heavy atom. The van der Waals surface area contributed by atoms with Crippen LogP contribution in [0.25, 0.3) is 0 Å². The number of nitrogens with one attached hydrogen (secondary N) is 1. The highest BCUT2D eigenvalue weighted by molar-refractivity contribution is 7.14. The van der Waals surface area contributed by atoms with Crippen molar-refractivity contribution in [3.63, 3.8) is 0 Å². The van der Waals surface area contributed by atoms with Crippen LogP contribution in [0.5, 0.6) is 0 Å². The second-order valence-corrected chi connectivity index (χ2v) is 7.65. The first-order valence-corrected chi connectivity index (χ1v) is 9.27. The maximum absolute atomic E-state index is 12.5. The molecule has 1 N–H and O–H groups in total. The van der Waals surface area contributed by atoms with Crippen LogP contribution in [0.2, 0.25) is 0 Å². The zero-order valence-corrected chi connectivity index (χ0v) is 14.5. The SMILES string of the molecule is Cc1cc(NC(=O)c2cc3c(s2)CCC3)ccc1N1CCCC1=O. The zero-order chi connectivity index (χ0) is 16.7. The number of benzene rings is 1. The molecule has 0 saturated carbocycles. The van der Waals surface area contributed by atoms with Crippen LogP contribution in [0, 0.1) is 6.92 Å². The summed E-state index contributed by atoms with van der Waals surface area (Å²) in [5.41, 5.74) is 4.08. The number of aryl methyl sites for hydroxylation is 3. The van der Waals surface area contributed by atoms with E-state index in [1.165, 1.54) is 16.9 Å². The Balaban J connectivity index is 1.51. The molecule has 4 rings (SSSR count). The van der Waals surface area contributed by atoms with Gasteiger partial charge in [0.05, 0.1) is 4.88 Å². The molecular weight excluding hydrogens is 320 g/mol. The van der Waals surface area contributed by atoms with Crippen LogP contribution < -0.4 is 10.2 Å². The minimum absolute atomic E-state index is 0.0428. The summed E-state index contributed by atoms with van der Waals surface area (Å²) in [5, 5.41) is 2.98. The summed E-state index contributed by atoms with van der Waals surface area (Å²) < 4.78 is 0.